The average Bonchev–Trinajstić information content (AvgIpc) is 2.56. The van der Waals surface area contributed by atoms with E-state index in [9.17, 15) is 23.2 Å². The van der Waals surface area contributed by atoms with E-state index in [0.29, 0.717) is 24.4 Å². The third kappa shape index (κ3) is 3.40. The van der Waals surface area contributed by atoms with Crippen molar-refractivity contribution in [2.75, 3.05) is 26.7 Å². The van der Waals surface area contributed by atoms with Crippen LogP contribution < -0.4 is 4.74 Å². The number of carbonyl (C=O) groups is 1. The molecular weight excluding hydrogens is 366 g/mol. The molecule has 1 aromatic rings. The summed E-state index contributed by atoms with van der Waals surface area (Å²) in [4.78, 5) is 15.9. The quantitative estimate of drug-likeness (QED) is 0.792. The lowest BCUT2D eigenvalue weighted by Gasteiger charge is -2.48. The highest BCUT2D eigenvalue weighted by molar-refractivity contribution is 7.91. The smallest absolute Gasteiger partial charge is 0.402 e. The number of aliphatic hydroxyl groups excluding tert-OH is 1. The van der Waals surface area contributed by atoms with Gasteiger partial charge in [-0.1, -0.05) is 0 Å². The Kier molecular flexibility index (Phi) is 5.17. The van der Waals surface area contributed by atoms with Crippen molar-refractivity contribution in [2.24, 2.45) is 0 Å². The van der Waals surface area contributed by atoms with E-state index in [0.717, 1.165) is 0 Å². The van der Waals surface area contributed by atoms with Crippen LogP contribution in [0.3, 0.4) is 0 Å². The van der Waals surface area contributed by atoms with Gasteiger partial charge in [0.25, 0.3) is 0 Å². The van der Waals surface area contributed by atoms with Gasteiger partial charge in [-0.2, -0.15) is 8.78 Å². The van der Waals surface area contributed by atoms with Gasteiger partial charge in [-0.3, -0.25) is 9.69 Å². The number of alkyl halides is 2. The Bertz CT molecular complexity index is 703. The zero-order valence-electron chi connectivity index (χ0n) is 14.8. The number of piperazine rings is 1. The van der Waals surface area contributed by atoms with Crippen molar-refractivity contribution in [3.63, 3.8) is 0 Å². The van der Waals surface area contributed by atoms with Crippen molar-refractivity contribution in [1.82, 2.24) is 9.80 Å². The lowest BCUT2D eigenvalue weighted by molar-refractivity contribution is -0.149. The van der Waals surface area contributed by atoms with Crippen LogP contribution in [0.2, 0.25) is 0 Å². The number of benzene rings is 1. The van der Waals surface area contributed by atoms with Gasteiger partial charge in [0.15, 0.2) is 4.90 Å². The summed E-state index contributed by atoms with van der Waals surface area (Å²) in [5.41, 5.74) is -0.564. The first-order valence-electron chi connectivity index (χ1n) is 8.29. The minimum atomic E-state index is -3.01. The number of ether oxygens (including phenoxy) is 1. The van der Waals surface area contributed by atoms with Gasteiger partial charge in [-0.25, -0.2) is 0 Å². The molecule has 3 rings (SSSR count). The molecule has 2 aliphatic rings. The molecule has 0 aliphatic carbocycles. The van der Waals surface area contributed by atoms with Crippen molar-refractivity contribution < 1.29 is 28.0 Å². The molecule has 6 nitrogen and oxygen atoms in total. The van der Waals surface area contributed by atoms with Crippen LogP contribution in [0.25, 0.3) is 0 Å². The Balaban J connectivity index is 2.05. The molecule has 0 saturated carbocycles. The first-order chi connectivity index (χ1) is 12.1. The molecule has 3 atom stereocenters. The van der Waals surface area contributed by atoms with Gasteiger partial charge in [-0.05, 0) is 33.0 Å². The minimum absolute atomic E-state index is 0.0548. The fourth-order valence-electron chi connectivity index (χ4n) is 3.41. The normalized spacial score (nSPS) is 27.2. The third-order valence-electron chi connectivity index (χ3n) is 4.86. The summed E-state index contributed by atoms with van der Waals surface area (Å²) in [7, 11) is 1.83. The highest BCUT2D eigenvalue weighted by Gasteiger charge is 2.47. The van der Waals surface area contributed by atoms with E-state index in [1.54, 1.807) is 18.7 Å². The molecule has 0 spiro atoms. The Morgan fingerprint density at radius 2 is 2.08 bits per heavy atom. The summed E-state index contributed by atoms with van der Waals surface area (Å²) in [5.74, 6) is -2.78. The van der Waals surface area contributed by atoms with Crippen molar-refractivity contribution in [3.05, 3.63) is 23.8 Å². The van der Waals surface area contributed by atoms with Gasteiger partial charge >= 0.3 is 5.76 Å². The topological polar surface area (TPSA) is 76.1 Å². The molecule has 26 heavy (non-hydrogen) atoms. The van der Waals surface area contributed by atoms with Crippen molar-refractivity contribution in [3.8, 4) is 5.75 Å². The maximum absolute atomic E-state index is 12.9. The lowest BCUT2D eigenvalue weighted by Crippen LogP contribution is -2.58. The number of hydrogen-bond acceptors (Lipinski definition) is 5. The number of aliphatic hydroxyl groups is 1. The van der Waals surface area contributed by atoms with Gasteiger partial charge in [0.05, 0.1) is 23.8 Å². The standard InChI is InChI=1S/C17H22F2N2O4S/c1-17(2)15(23)14(21-7-6-20(3)9-13(21)22)11-8-10(26(24)16(18)19)4-5-12(11)25-17/h4-5,8,14-16,23H,6-7,9H2,1-3H3. The third-order valence-corrected chi connectivity index (χ3v) is 5.90. The molecule has 0 bridgehead atoms. The van der Waals surface area contributed by atoms with Crippen LogP contribution in [0.4, 0.5) is 8.78 Å². The molecule has 0 aromatic heterocycles. The van der Waals surface area contributed by atoms with Crippen molar-refractivity contribution in [1.29, 1.82) is 0 Å². The molecule has 1 saturated heterocycles. The Morgan fingerprint density at radius 3 is 2.69 bits per heavy atom. The molecular formula is C17H22F2N2O4S. The summed E-state index contributed by atoms with van der Waals surface area (Å²) < 4.78 is 43.3. The number of rotatable bonds is 3. The maximum Gasteiger partial charge on any atom is 0.402 e. The summed E-state index contributed by atoms with van der Waals surface area (Å²) >= 11 is -2.48. The largest absolute Gasteiger partial charge is 0.607 e. The summed E-state index contributed by atoms with van der Waals surface area (Å²) in [6, 6.07) is 3.42. The van der Waals surface area contributed by atoms with Gasteiger partial charge in [0.2, 0.25) is 5.91 Å². The maximum atomic E-state index is 12.9. The van der Waals surface area contributed by atoms with Crippen LogP contribution in [0, 0.1) is 0 Å². The van der Waals surface area contributed by atoms with E-state index < -0.39 is 34.7 Å². The van der Waals surface area contributed by atoms with Crippen LogP contribution in [0.15, 0.2) is 23.1 Å². The molecule has 9 heteroatoms. The highest BCUT2D eigenvalue weighted by atomic mass is 32.2. The second-order valence-electron chi connectivity index (χ2n) is 7.18. The summed E-state index contributed by atoms with van der Waals surface area (Å²) in [6.45, 7) is 4.66. The van der Waals surface area contributed by atoms with Gasteiger partial charge < -0.3 is 19.3 Å². The first-order valence-corrected chi connectivity index (χ1v) is 9.51. The van der Waals surface area contributed by atoms with Crippen LogP contribution in [-0.2, 0) is 16.0 Å². The predicted octanol–water partition coefficient (Wildman–Crippen LogP) is 1.36. The lowest BCUT2D eigenvalue weighted by atomic mass is 9.85. The molecule has 1 N–H and O–H groups in total. The number of nitrogens with zero attached hydrogens (tertiary/aromatic N) is 2. The summed E-state index contributed by atoms with van der Waals surface area (Å²) in [6.07, 6.45) is -1.06. The van der Waals surface area contributed by atoms with E-state index in [4.69, 9.17) is 4.74 Å². The molecule has 0 radical (unpaired) electrons. The molecule has 1 fully saturated rings. The molecule has 1 aromatic carbocycles. The Labute approximate surface area is 153 Å². The van der Waals surface area contributed by atoms with Gasteiger partial charge in [0, 0.05) is 24.7 Å². The highest BCUT2D eigenvalue weighted by Crippen LogP contribution is 2.44. The monoisotopic (exact) mass is 388 g/mol. The Morgan fingerprint density at radius 1 is 1.38 bits per heavy atom. The molecule has 2 aliphatic heterocycles. The van der Waals surface area contributed by atoms with E-state index in [1.807, 2.05) is 11.9 Å². The number of amides is 1. The van der Waals surface area contributed by atoms with E-state index in [1.165, 1.54) is 18.2 Å². The SMILES string of the molecule is CN1CCN(C2c3cc([S+]([O-])C(F)F)ccc3OC(C)(C)C2O)C(=O)C1. The molecule has 144 valence electrons. The van der Waals surface area contributed by atoms with Crippen LogP contribution >= 0.6 is 0 Å². The zero-order chi connectivity index (χ0) is 19.2. The fraction of sp³-hybridized carbons (Fsp3) is 0.588. The summed E-state index contributed by atoms with van der Waals surface area (Å²) in [5, 5.41) is 10.9. The van der Waals surface area contributed by atoms with Crippen LogP contribution in [-0.4, -0.2) is 69.5 Å². The van der Waals surface area contributed by atoms with Gasteiger partial charge in [-0.15, -0.1) is 0 Å². The number of likely N-dealkylation sites (N-methyl/N-ethyl adjacent to an activating group) is 1. The fourth-order valence-corrected chi connectivity index (χ4v) is 4.06. The van der Waals surface area contributed by atoms with E-state index in [-0.39, 0.29) is 17.3 Å². The van der Waals surface area contributed by atoms with Gasteiger partial charge in [0.1, 0.15) is 17.5 Å². The molecule has 1 amide bonds. The zero-order valence-corrected chi connectivity index (χ0v) is 15.6. The second-order valence-corrected chi connectivity index (χ2v) is 8.60. The molecule has 2 heterocycles. The number of hydrogen-bond donors (Lipinski definition) is 1. The van der Waals surface area contributed by atoms with E-state index in [2.05, 4.69) is 0 Å². The number of fused-ring (bicyclic) bond motifs is 1. The number of carbonyl (C=O) groups excluding carboxylic acids is 1. The Hall–Kier alpha value is -1.42. The minimum Gasteiger partial charge on any atom is -0.607 e. The first kappa shape index (κ1) is 19.3. The average molecular weight is 388 g/mol. The molecule has 3 unspecified atom stereocenters. The van der Waals surface area contributed by atoms with E-state index >= 15 is 0 Å². The van der Waals surface area contributed by atoms with Crippen LogP contribution in [0.1, 0.15) is 25.5 Å². The van der Waals surface area contributed by atoms with Crippen molar-refractivity contribution >= 4 is 17.1 Å². The number of halogens is 2. The second kappa shape index (κ2) is 6.95. The van der Waals surface area contributed by atoms with Crippen LogP contribution in [0.5, 0.6) is 5.75 Å². The predicted molar refractivity (Wildman–Crippen MR) is 91.5 cm³/mol. The van der Waals surface area contributed by atoms with Crippen molar-refractivity contribution in [2.45, 2.75) is 42.2 Å².